The van der Waals surface area contributed by atoms with E-state index in [-0.39, 0.29) is 13.0 Å². The molecule has 20 heavy (non-hydrogen) atoms. The van der Waals surface area contributed by atoms with Crippen molar-refractivity contribution in [2.75, 3.05) is 13.2 Å². The predicted octanol–water partition coefficient (Wildman–Crippen LogP) is 2.88. The molecule has 0 aromatic carbocycles. The second kappa shape index (κ2) is 14.3. The van der Waals surface area contributed by atoms with Crippen LogP contribution in [0.1, 0.15) is 51.9 Å². The highest BCUT2D eigenvalue weighted by Crippen LogP contribution is 2.03. The van der Waals surface area contributed by atoms with Crippen LogP contribution in [0.4, 0.5) is 0 Å². The molecule has 3 N–H and O–H groups in total. The Bertz CT molecular complexity index is 287. The van der Waals surface area contributed by atoms with E-state index in [2.05, 4.69) is 30.5 Å². The topological polar surface area (TPSA) is 69.6 Å². The predicted molar refractivity (Wildman–Crippen MR) is 82.8 cm³/mol. The summed E-state index contributed by atoms with van der Waals surface area (Å²) in [6.45, 7) is 3.00. The van der Waals surface area contributed by atoms with Gasteiger partial charge in [-0.15, -0.1) is 0 Å². The third-order valence-electron chi connectivity index (χ3n) is 2.97. The first-order chi connectivity index (χ1) is 9.70. The van der Waals surface area contributed by atoms with Gasteiger partial charge in [0.15, 0.2) is 0 Å². The van der Waals surface area contributed by atoms with Gasteiger partial charge in [0, 0.05) is 19.0 Å². The van der Waals surface area contributed by atoms with E-state index in [4.69, 9.17) is 10.2 Å². The Morgan fingerprint density at radius 2 is 2.00 bits per heavy atom. The van der Waals surface area contributed by atoms with Crippen molar-refractivity contribution in [2.24, 2.45) is 0 Å². The molecule has 0 bridgehead atoms. The molecule has 0 aliphatic heterocycles. The fraction of sp³-hybridized carbons (Fsp3) is 0.688. The standard InChI is InChI=1S/C16H29NO3/c1-2-10-15(17-13-14-18)11-8-6-4-3-5-7-9-12-16(19)20/h3,5-6,8,15,17-18H,2,4,7,9-14H2,1H3,(H,19,20)/t15-/m0/s1. The zero-order valence-electron chi connectivity index (χ0n) is 12.6. The molecule has 4 heteroatoms. The highest BCUT2D eigenvalue weighted by Gasteiger charge is 2.03. The summed E-state index contributed by atoms with van der Waals surface area (Å²) in [6.07, 6.45) is 14.4. The van der Waals surface area contributed by atoms with Gasteiger partial charge < -0.3 is 15.5 Å². The van der Waals surface area contributed by atoms with Crippen LogP contribution in [0.3, 0.4) is 0 Å². The van der Waals surface area contributed by atoms with Crippen molar-refractivity contribution < 1.29 is 15.0 Å². The molecule has 0 aliphatic rings. The van der Waals surface area contributed by atoms with Gasteiger partial charge >= 0.3 is 5.97 Å². The molecule has 0 unspecified atom stereocenters. The molecule has 0 saturated heterocycles. The van der Waals surface area contributed by atoms with E-state index in [1.807, 2.05) is 6.08 Å². The number of carbonyl (C=O) groups is 1. The number of hydrogen-bond acceptors (Lipinski definition) is 3. The normalized spacial score (nSPS) is 13.3. The summed E-state index contributed by atoms with van der Waals surface area (Å²) < 4.78 is 0. The minimum absolute atomic E-state index is 0.184. The minimum Gasteiger partial charge on any atom is -0.481 e. The van der Waals surface area contributed by atoms with Crippen LogP contribution in [0.5, 0.6) is 0 Å². The zero-order valence-corrected chi connectivity index (χ0v) is 12.6. The second-order valence-corrected chi connectivity index (χ2v) is 4.86. The maximum Gasteiger partial charge on any atom is 0.303 e. The van der Waals surface area contributed by atoms with Gasteiger partial charge in [-0.25, -0.2) is 0 Å². The summed E-state index contributed by atoms with van der Waals surface area (Å²) in [5, 5.41) is 20.6. The molecule has 0 fully saturated rings. The van der Waals surface area contributed by atoms with Gasteiger partial charge in [0.05, 0.1) is 6.61 Å². The van der Waals surface area contributed by atoms with Gasteiger partial charge in [-0.05, 0) is 32.1 Å². The number of nitrogens with one attached hydrogen (secondary N) is 1. The number of hydrogen-bond donors (Lipinski definition) is 3. The van der Waals surface area contributed by atoms with Gasteiger partial charge in [-0.2, -0.15) is 0 Å². The third-order valence-corrected chi connectivity index (χ3v) is 2.97. The molecule has 0 saturated carbocycles. The van der Waals surface area contributed by atoms with E-state index < -0.39 is 5.97 Å². The van der Waals surface area contributed by atoms with Crippen molar-refractivity contribution >= 4 is 5.97 Å². The van der Waals surface area contributed by atoms with E-state index in [0.717, 1.165) is 32.1 Å². The summed E-state index contributed by atoms with van der Waals surface area (Å²) in [4.78, 5) is 10.3. The number of aliphatic hydroxyl groups excluding tert-OH is 1. The van der Waals surface area contributed by atoms with Gasteiger partial charge in [0.2, 0.25) is 0 Å². The van der Waals surface area contributed by atoms with Crippen LogP contribution in [-0.4, -0.2) is 35.4 Å². The average Bonchev–Trinajstić information content (AvgIpc) is 2.42. The average molecular weight is 283 g/mol. The number of aliphatic hydroxyl groups is 1. The largest absolute Gasteiger partial charge is 0.481 e. The van der Waals surface area contributed by atoms with Crippen molar-refractivity contribution in [3.63, 3.8) is 0 Å². The first-order valence-electron chi connectivity index (χ1n) is 7.56. The fourth-order valence-electron chi connectivity index (χ4n) is 1.94. The van der Waals surface area contributed by atoms with Crippen molar-refractivity contribution in [3.05, 3.63) is 24.3 Å². The maximum absolute atomic E-state index is 10.3. The van der Waals surface area contributed by atoms with Gasteiger partial charge in [-0.3, -0.25) is 4.79 Å². The Balaban J connectivity index is 3.65. The Morgan fingerprint density at radius 3 is 2.65 bits per heavy atom. The van der Waals surface area contributed by atoms with Crippen molar-refractivity contribution in [1.29, 1.82) is 0 Å². The molecule has 0 aromatic heterocycles. The lowest BCUT2D eigenvalue weighted by atomic mass is 10.1. The monoisotopic (exact) mass is 283 g/mol. The Morgan fingerprint density at radius 1 is 1.25 bits per heavy atom. The Hall–Kier alpha value is -1.13. The van der Waals surface area contributed by atoms with Crippen LogP contribution >= 0.6 is 0 Å². The summed E-state index contributed by atoms with van der Waals surface area (Å²) >= 11 is 0. The smallest absolute Gasteiger partial charge is 0.303 e. The molecule has 0 aromatic rings. The summed E-state index contributed by atoms with van der Waals surface area (Å²) in [6, 6.07) is 0.447. The third kappa shape index (κ3) is 13.3. The summed E-state index contributed by atoms with van der Waals surface area (Å²) in [5.41, 5.74) is 0. The zero-order chi connectivity index (χ0) is 15.1. The molecule has 0 aliphatic carbocycles. The van der Waals surface area contributed by atoms with Crippen LogP contribution < -0.4 is 5.32 Å². The second-order valence-electron chi connectivity index (χ2n) is 4.86. The van der Waals surface area contributed by atoms with Gasteiger partial charge in [0.25, 0.3) is 0 Å². The number of rotatable bonds is 13. The highest BCUT2D eigenvalue weighted by atomic mass is 16.4. The number of carboxylic acid groups (broad SMARTS) is 1. The van der Waals surface area contributed by atoms with E-state index in [0.29, 0.717) is 19.0 Å². The number of unbranched alkanes of at least 4 members (excludes halogenated alkanes) is 1. The van der Waals surface area contributed by atoms with Gasteiger partial charge in [-0.1, -0.05) is 37.6 Å². The lowest BCUT2D eigenvalue weighted by Gasteiger charge is -2.15. The summed E-state index contributed by atoms with van der Waals surface area (Å²) in [7, 11) is 0. The van der Waals surface area contributed by atoms with Crippen LogP contribution in [0.15, 0.2) is 24.3 Å². The lowest BCUT2D eigenvalue weighted by molar-refractivity contribution is -0.137. The van der Waals surface area contributed by atoms with Crippen LogP contribution in [0, 0.1) is 0 Å². The molecular weight excluding hydrogens is 254 g/mol. The fourth-order valence-corrected chi connectivity index (χ4v) is 1.94. The quantitative estimate of drug-likeness (QED) is 0.359. The van der Waals surface area contributed by atoms with E-state index in [1.165, 1.54) is 0 Å². The van der Waals surface area contributed by atoms with Crippen LogP contribution in [-0.2, 0) is 4.79 Å². The highest BCUT2D eigenvalue weighted by molar-refractivity contribution is 5.66. The molecule has 1 atom stereocenters. The van der Waals surface area contributed by atoms with Crippen LogP contribution in [0.2, 0.25) is 0 Å². The van der Waals surface area contributed by atoms with Crippen molar-refractivity contribution in [1.82, 2.24) is 5.32 Å². The number of aliphatic carboxylic acids is 1. The first-order valence-corrected chi connectivity index (χ1v) is 7.56. The van der Waals surface area contributed by atoms with Crippen molar-refractivity contribution in [2.45, 2.75) is 57.9 Å². The molecule has 0 amide bonds. The molecule has 0 spiro atoms. The van der Waals surface area contributed by atoms with E-state index in [9.17, 15) is 4.79 Å². The number of carboxylic acids is 1. The molecule has 116 valence electrons. The van der Waals surface area contributed by atoms with Crippen molar-refractivity contribution in [3.8, 4) is 0 Å². The molecule has 4 nitrogen and oxygen atoms in total. The molecule has 0 heterocycles. The van der Waals surface area contributed by atoms with Crippen LogP contribution in [0.25, 0.3) is 0 Å². The summed E-state index contributed by atoms with van der Waals surface area (Å²) in [5.74, 6) is -0.726. The Kier molecular flexibility index (Phi) is 13.5. The van der Waals surface area contributed by atoms with Gasteiger partial charge in [0.1, 0.15) is 0 Å². The Labute approximate surface area is 122 Å². The first kappa shape index (κ1) is 18.9. The maximum atomic E-state index is 10.3. The minimum atomic E-state index is -0.726. The molecular formula is C16H29NO3. The number of allylic oxidation sites excluding steroid dienone is 3. The lowest BCUT2D eigenvalue weighted by Crippen LogP contribution is -2.30. The SMILES string of the molecule is CCC[C@@H](CC=CCC=CCCCC(=O)O)NCCO. The molecule has 0 rings (SSSR count). The molecule has 0 radical (unpaired) electrons. The van der Waals surface area contributed by atoms with E-state index >= 15 is 0 Å². The van der Waals surface area contributed by atoms with E-state index in [1.54, 1.807) is 0 Å².